The van der Waals surface area contributed by atoms with E-state index in [1.807, 2.05) is 0 Å². The number of ether oxygens (including phenoxy) is 4. The summed E-state index contributed by atoms with van der Waals surface area (Å²) in [6.07, 6.45) is 0. The standard InChI is InChI=1S/C23H22N2O9S/c1-31-18-9-7-16(21(13-18)32-2)14-24-35(29,30)22-12-17(25(27)28)8-10-20(22)34-19-6-4-5-15(11-19)23(26)33-3/h4-13,24H,14H2,1-3H3. The number of rotatable bonds is 10. The lowest BCUT2D eigenvalue weighted by atomic mass is 10.2. The summed E-state index contributed by atoms with van der Waals surface area (Å²) in [7, 11) is -0.152. The van der Waals surface area contributed by atoms with Crippen LogP contribution in [0.4, 0.5) is 5.69 Å². The number of benzene rings is 3. The number of hydrogen-bond donors (Lipinski definition) is 1. The first-order chi connectivity index (χ1) is 16.7. The van der Waals surface area contributed by atoms with Crippen molar-refractivity contribution in [2.75, 3.05) is 21.3 Å². The maximum Gasteiger partial charge on any atom is 0.337 e. The van der Waals surface area contributed by atoms with Crippen LogP contribution in [0, 0.1) is 10.1 Å². The highest BCUT2D eigenvalue weighted by Gasteiger charge is 2.24. The Morgan fingerprint density at radius 2 is 1.71 bits per heavy atom. The maximum absolute atomic E-state index is 13.2. The van der Waals surface area contributed by atoms with E-state index < -0.39 is 31.5 Å². The van der Waals surface area contributed by atoms with Gasteiger partial charge in [0.05, 0.1) is 31.8 Å². The minimum atomic E-state index is -4.29. The summed E-state index contributed by atoms with van der Waals surface area (Å²) >= 11 is 0. The number of esters is 1. The number of nitro groups is 1. The molecule has 0 aliphatic rings. The SMILES string of the molecule is COC(=O)c1cccc(Oc2ccc([N+](=O)[O-])cc2S(=O)(=O)NCc2ccc(OC)cc2OC)c1. The predicted molar refractivity (Wildman–Crippen MR) is 125 cm³/mol. The molecule has 0 atom stereocenters. The fourth-order valence-corrected chi connectivity index (χ4v) is 4.24. The summed E-state index contributed by atoms with van der Waals surface area (Å²) in [5.74, 6) is 0.267. The zero-order chi connectivity index (χ0) is 25.6. The van der Waals surface area contributed by atoms with Crippen molar-refractivity contribution in [1.29, 1.82) is 0 Å². The quantitative estimate of drug-likeness (QED) is 0.249. The second kappa shape index (κ2) is 10.8. The van der Waals surface area contributed by atoms with E-state index in [0.717, 1.165) is 12.1 Å². The molecular formula is C23H22N2O9S. The van der Waals surface area contributed by atoms with Crippen molar-refractivity contribution in [3.8, 4) is 23.0 Å². The third-order valence-corrected chi connectivity index (χ3v) is 6.28. The number of hydrogen-bond acceptors (Lipinski definition) is 9. The first-order valence-corrected chi connectivity index (χ1v) is 11.5. The number of carbonyl (C=O) groups is 1. The Bertz CT molecular complexity index is 1360. The van der Waals surface area contributed by atoms with Crippen molar-refractivity contribution in [1.82, 2.24) is 4.72 Å². The second-order valence-electron chi connectivity index (χ2n) is 7.01. The summed E-state index contributed by atoms with van der Waals surface area (Å²) in [6, 6.07) is 13.9. The largest absolute Gasteiger partial charge is 0.497 e. The average molecular weight is 503 g/mol. The van der Waals surface area contributed by atoms with Gasteiger partial charge < -0.3 is 18.9 Å². The monoisotopic (exact) mass is 502 g/mol. The summed E-state index contributed by atoms with van der Waals surface area (Å²) < 4.78 is 49.6. The van der Waals surface area contributed by atoms with Crippen molar-refractivity contribution < 1.29 is 37.1 Å². The van der Waals surface area contributed by atoms with Crippen molar-refractivity contribution in [2.45, 2.75) is 11.4 Å². The van der Waals surface area contributed by atoms with Crippen LogP contribution in [0.1, 0.15) is 15.9 Å². The summed E-state index contributed by atoms with van der Waals surface area (Å²) in [5.41, 5.74) is 0.250. The third-order valence-electron chi connectivity index (χ3n) is 4.86. The molecule has 0 saturated carbocycles. The van der Waals surface area contributed by atoms with Gasteiger partial charge in [0.15, 0.2) is 0 Å². The van der Waals surface area contributed by atoms with Crippen LogP contribution in [0.3, 0.4) is 0 Å². The van der Waals surface area contributed by atoms with Gasteiger partial charge >= 0.3 is 5.97 Å². The van der Waals surface area contributed by atoms with Crippen molar-refractivity contribution in [2.24, 2.45) is 0 Å². The fraction of sp³-hybridized carbons (Fsp3) is 0.174. The van der Waals surface area contributed by atoms with Gasteiger partial charge in [-0.3, -0.25) is 10.1 Å². The molecule has 0 heterocycles. The minimum absolute atomic E-state index is 0.134. The first-order valence-electron chi connectivity index (χ1n) is 10.0. The Morgan fingerprint density at radius 3 is 2.37 bits per heavy atom. The normalized spacial score (nSPS) is 10.9. The molecule has 0 amide bonds. The Balaban J connectivity index is 1.95. The van der Waals surface area contributed by atoms with Gasteiger partial charge in [-0.2, -0.15) is 0 Å². The fourth-order valence-electron chi connectivity index (χ4n) is 3.08. The van der Waals surface area contributed by atoms with E-state index in [9.17, 15) is 23.3 Å². The lowest BCUT2D eigenvalue weighted by Crippen LogP contribution is -2.24. The van der Waals surface area contributed by atoms with E-state index in [4.69, 9.17) is 14.2 Å². The number of non-ortho nitro benzene ring substituents is 1. The van der Waals surface area contributed by atoms with Crippen LogP contribution in [0.2, 0.25) is 0 Å². The highest BCUT2D eigenvalue weighted by molar-refractivity contribution is 7.89. The smallest absolute Gasteiger partial charge is 0.337 e. The van der Waals surface area contributed by atoms with Gasteiger partial charge in [-0.15, -0.1) is 0 Å². The topological polar surface area (TPSA) is 143 Å². The lowest BCUT2D eigenvalue weighted by molar-refractivity contribution is -0.385. The molecule has 11 nitrogen and oxygen atoms in total. The van der Waals surface area contributed by atoms with E-state index in [2.05, 4.69) is 9.46 Å². The van der Waals surface area contributed by atoms with Crippen LogP contribution in [0.15, 0.2) is 65.6 Å². The van der Waals surface area contributed by atoms with E-state index in [1.54, 1.807) is 18.2 Å². The Kier molecular flexibility index (Phi) is 7.89. The lowest BCUT2D eigenvalue weighted by Gasteiger charge is -2.14. The maximum atomic E-state index is 13.2. The molecule has 0 aromatic heterocycles. The van der Waals surface area contributed by atoms with Gasteiger partial charge in [0.1, 0.15) is 27.9 Å². The number of nitrogens with one attached hydrogen (secondary N) is 1. The number of sulfonamides is 1. The van der Waals surface area contributed by atoms with E-state index in [-0.39, 0.29) is 23.6 Å². The highest BCUT2D eigenvalue weighted by Crippen LogP contribution is 2.33. The van der Waals surface area contributed by atoms with Gasteiger partial charge in [0.25, 0.3) is 5.69 Å². The van der Waals surface area contributed by atoms with Gasteiger partial charge in [0.2, 0.25) is 10.0 Å². The molecule has 3 rings (SSSR count). The zero-order valence-electron chi connectivity index (χ0n) is 19.0. The van der Waals surface area contributed by atoms with Crippen LogP contribution in [-0.2, 0) is 21.3 Å². The molecular weight excluding hydrogens is 480 g/mol. The molecule has 0 saturated heterocycles. The zero-order valence-corrected chi connectivity index (χ0v) is 19.8. The van der Waals surface area contributed by atoms with Gasteiger partial charge in [-0.25, -0.2) is 17.9 Å². The molecule has 0 fully saturated rings. The molecule has 0 bridgehead atoms. The molecule has 0 aliphatic heterocycles. The van der Waals surface area contributed by atoms with E-state index in [1.165, 1.54) is 51.7 Å². The van der Waals surface area contributed by atoms with Gasteiger partial charge in [0, 0.05) is 30.3 Å². The predicted octanol–water partition coefficient (Wildman–Crippen LogP) is 3.67. The molecule has 0 unspecified atom stereocenters. The number of methoxy groups -OCH3 is 3. The van der Waals surface area contributed by atoms with Crippen LogP contribution in [0.25, 0.3) is 0 Å². The summed E-state index contributed by atoms with van der Waals surface area (Å²) in [5, 5.41) is 11.3. The van der Waals surface area contributed by atoms with Crippen molar-refractivity contribution in [3.63, 3.8) is 0 Å². The van der Waals surface area contributed by atoms with Crippen LogP contribution in [0.5, 0.6) is 23.0 Å². The summed E-state index contributed by atoms with van der Waals surface area (Å²) in [4.78, 5) is 21.9. The van der Waals surface area contributed by atoms with Crippen molar-refractivity contribution >= 4 is 21.7 Å². The molecule has 3 aromatic carbocycles. The van der Waals surface area contributed by atoms with Crippen LogP contribution >= 0.6 is 0 Å². The Morgan fingerprint density at radius 1 is 0.943 bits per heavy atom. The summed E-state index contributed by atoms with van der Waals surface area (Å²) in [6.45, 7) is -0.171. The molecule has 184 valence electrons. The second-order valence-corrected chi connectivity index (χ2v) is 8.75. The molecule has 35 heavy (non-hydrogen) atoms. The Labute approximate surface area is 201 Å². The van der Waals surface area contributed by atoms with E-state index in [0.29, 0.717) is 17.1 Å². The molecule has 0 aliphatic carbocycles. The van der Waals surface area contributed by atoms with Crippen molar-refractivity contribution in [3.05, 3.63) is 81.9 Å². The Hall–Kier alpha value is -4.16. The highest BCUT2D eigenvalue weighted by atomic mass is 32.2. The molecule has 0 spiro atoms. The number of nitrogens with zero attached hydrogens (tertiary/aromatic N) is 1. The third kappa shape index (κ3) is 6.05. The first kappa shape index (κ1) is 25.5. The molecule has 12 heteroatoms. The van der Waals surface area contributed by atoms with Gasteiger partial charge in [-0.05, 0) is 30.3 Å². The molecule has 3 aromatic rings. The number of nitro benzene ring substituents is 1. The molecule has 0 radical (unpaired) electrons. The molecule has 1 N–H and O–H groups in total. The minimum Gasteiger partial charge on any atom is -0.497 e. The average Bonchev–Trinajstić information content (AvgIpc) is 2.87. The van der Waals surface area contributed by atoms with Crippen LogP contribution in [-0.4, -0.2) is 40.6 Å². The number of carbonyl (C=O) groups excluding carboxylic acids is 1. The van der Waals surface area contributed by atoms with E-state index >= 15 is 0 Å². The van der Waals surface area contributed by atoms with Gasteiger partial charge in [-0.1, -0.05) is 12.1 Å². The van der Waals surface area contributed by atoms with Crippen LogP contribution < -0.4 is 18.9 Å².